The maximum absolute atomic E-state index is 13.1. The molecule has 1 aromatic heterocycles. The van der Waals surface area contributed by atoms with Crippen LogP contribution >= 0.6 is 11.6 Å². The number of amides is 1. The lowest BCUT2D eigenvalue weighted by atomic mass is 10.2. The highest BCUT2D eigenvalue weighted by Gasteiger charge is 2.19. The van der Waals surface area contributed by atoms with Crippen LogP contribution in [0.25, 0.3) is 11.0 Å². The van der Waals surface area contributed by atoms with E-state index < -0.39 is 21.7 Å². The highest BCUT2D eigenvalue weighted by atomic mass is 35.5. The monoisotopic (exact) mass is 398 g/mol. The molecule has 0 saturated heterocycles. The van der Waals surface area contributed by atoms with E-state index >= 15 is 0 Å². The molecule has 1 amide bonds. The number of nitrogens with one attached hydrogen (secondary N) is 2. The second-order valence-electron chi connectivity index (χ2n) is 5.12. The summed E-state index contributed by atoms with van der Waals surface area (Å²) in [6.45, 7) is 0. The molecule has 0 fully saturated rings. The normalized spacial score (nSPS) is 11.5. The van der Waals surface area contributed by atoms with E-state index in [-0.39, 0.29) is 15.7 Å². The Morgan fingerprint density at radius 2 is 2.00 bits per heavy atom. The Balaban J connectivity index is 1.79. The van der Waals surface area contributed by atoms with Gasteiger partial charge < -0.3 is 9.15 Å². The van der Waals surface area contributed by atoms with Crippen LogP contribution < -0.4 is 15.0 Å². The third-order valence-electron chi connectivity index (χ3n) is 3.45. The number of hydrazine groups is 1. The molecule has 1 heterocycles. The zero-order valence-electron chi connectivity index (χ0n) is 13.2. The van der Waals surface area contributed by atoms with Gasteiger partial charge in [-0.15, -0.1) is 4.83 Å². The maximum Gasteiger partial charge on any atom is 0.301 e. The summed E-state index contributed by atoms with van der Waals surface area (Å²) in [5.74, 6) is -1.27. The third-order valence-corrected chi connectivity index (χ3v) is 4.99. The van der Waals surface area contributed by atoms with Gasteiger partial charge >= 0.3 is 5.91 Å². The van der Waals surface area contributed by atoms with Gasteiger partial charge in [0.1, 0.15) is 5.82 Å². The average Bonchev–Trinajstić information content (AvgIpc) is 3.06. The average molecular weight is 399 g/mol. The molecule has 0 aliphatic heterocycles. The molecule has 0 unspecified atom stereocenters. The number of furan rings is 1. The number of hydrogen-bond acceptors (Lipinski definition) is 5. The van der Waals surface area contributed by atoms with Crippen LogP contribution in [0.15, 0.2) is 51.8 Å². The number of hydrogen-bond donors (Lipinski definition) is 2. The third kappa shape index (κ3) is 3.50. The van der Waals surface area contributed by atoms with Crippen LogP contribution in [0.3, 0.4) is 0 Å². The van der Waals surface area contributed by atoms with E-state index in [2.05, 4.69) is 0 Å². The number of halogens is 2. The molecule has 0 saturated carbocycles. The summed E-state index contributed by atoms with van der Waals surface area (Å²) in [7, 11) is -2.69. The number of para-hydroxylation sites is 1. The second-order valence-corrected chi connectivity index (χ2v) is 7.21. The Labute approximate surface area is 152 Å². The highest BCUT2D eigenvalue weighted by molar-refractivity contribution is 7.89. The van der Waals surface area contributed by atoms with Crippen molar-refractivity contribution >= 4 is 38.5 Å². The summed E-state index contributed by atoms with van der Waals surface area (Å²) < 4.78 is 48.0. The summed E-state index contributed by atoms with van der Waals surface area (Å²) >= 11 is 5.57. The second kappa shape index (κ2) is 6.94. The van der Waals surface area contributed by atoms with E-state index in [1.54, 1.807) is 18.2 Å². The summed E-state index contributed by atoms with van der Waals surface area (Å²) in [5.41, 5.74) is 2.38. The molecule has 0 atom stereocenters. The summed E-state index contributed by atoms with van der Waals surface area (Å²) in [6, 6.07) is 9.39. The van der Waals surface area contributed by atoms with Gasteiger partial charge in [-0.1, -0.05) is 23.7 Å². The molecule has 136 valence electrons. The minimum atomic E-state index is -4.14. The molecule has 0 radical (unpaired) electrons. The van der Waals surface area contributed by atoms with Crippen molar-refractivity contribution in [1.29, 1.82) is 0 Å². The van der Waals surface area contributed by atoms with Gasteiger partial charge in [0, 0.05) is 5.39 Å². The van der Waals surface area contributed by atoms with Crippen LogP contribution in [0.2, 0.25) is 5.02 Å². The van der Waals surface area contributed by atoms with Gasteiger partial charge in [0.15, 0.2) is 17.1 Å². The van der Waals surface area contributed by atoms with E-state index in [0.29, 0.717) is 16.7 Å². The molecule has 3 rings (SSSR count). The first-order chi connectivity index (χ1) is 12.3. The first kappa shape index (κ1) is 18.2. The maximum atomic E-state index is 13.1. The molecule has 2 aromatic carbocycles. The van der Waals surface area contributed by atoms with Crippen molar-refractivity contribution in [3.05, 3.63) is 59.1 Å². The van der Waals surface area contributed by atoms with E-state index in [9.17, 15) is 17.6 Å². The van der Waals surface area contributed by atoms with Crippen LogP contribution in [0, 0.1) is 5.82 Å². The number of ether oxygens (including phenoxy) is 1. The van der Waals surface area contributed by atoms with Crippen molar-refractivity contribution in [2.24, 2.45) is 0 Å². The van der Waals surface area contributed by atoms with Gasteiger partial charge in [0.05, 0.1) is 17.0 Å². The Kier molecular flexibility index (Phi) is 4.86. The summed E-state index contributed by atoms with van der Waals surface area (Å²) in [4.78, 5) is 13.7. The Morgan fingerprint density at radius 3 is 2.69 bits per heavy atom. The topological polar surface area (TPSA) is 97.6 Å². The van der Waals surface area contributed by atoms with Crippen LogP contribution in [-0.4, -0.2) is 21.4 Å². The van der Waals surface area contributed by atoms with Crippen LogP contribution in [0.4, 0.5) is 4.39 Å². The zero-order chi connectivity index (χ0) is 18.9. The smallest absolute Gasteiger partial charge is 0.301 e. The van der Waals surface area contributed by atoms with E-state index in [1.807, 2.05) is 10.3 Å². The minimum absolute atomic E-state index is 0.121. The molecule has 0 aliphatic carbocycles. The van der Waals surface area contributed by atoms with Crippen LogP contribution in [0.1, 0.15) is 10.6 Å². The van der Waals surface area contributed by atoms with Crippen molar-refractivity contribution in [2.45, 2.75) is 4.90 Å². The fraction of sp³-hybridized carbons (Fsp3) is 0.0625. The van der Waals surface area contributed by atoms with Gasteiger partial charge in [-0.2, -0.15) is 0 Å². The minimum Gasteiger partial charge on any atom is -0.493 e. The lowest BCUT2D eigenvalue weighted by Crippen LogP contribution is -2.41. The number of carbonyl (C=O) groups is 1. The van der Waals surface area contributed by atoms with Crippen LogP contribution in [0.5, 0.6) is 5.75 Å². The van der Waals surface area contributed by atoms with Crippen molar-refractivity contribution in [3.8, 4) is 5.75 Å². The molecule has 0 bridgehead atoms. The zero-order valence-corrected chi connectivity index (χ0v) is 14.8. The lowest BCUT2D eigenvalue weighted by molar-refractivity contribution is 0.0919. The first-order valence-corrected chi connectivity index (χ1v) is 9.01. The summed E-state index contributed by atoms with van der Waals surface area (Å²) in [6.07, 6.45) is 0. The molecule has 0 aliphatic rings. The molecular formula is C16H12ClFN2O5S. The number of methoxy groups -OCH3 is 1. The first-order valence-electron chi connectivity index (χ1n) is 7.15. The van der Waals surface area contributed by atoms with E-state index in [0.717, 1.165) is 18.2 Å². The van der Waals surface area contributed by atoms with Crippen molar-refractivity contribution < 1.29 is 26.8 Å². The largest absolute Gasteiger partial charge is 0.493 e. The molecule has 26 heavy (non-hydrogen) atoms. The van der Waals surface area contributed by atoms with Crippen LogP contribution in [-0.2, 0) is 10.0 Å². The number of carbonyl (C=O) groups excluding carboxylic acids is 1. The Bertz CT molecular complexity index is 1100. The van der Waals surface area contributed by atoms with Gasteiger partial charge in [-0.05, 0) is 30.3 Å². The Morgan fingerprint density at radius 1 is 1.23 bits per heavy atom. The highest BCUT2D eigenvalue weighted by Crippen LogP contribution is 2.28. The van der Waals surface area contributed by atoms with E-state index in [1.165, 1.54) is 13.2 Å². The number of benzene rings is 2. The molecule has 10 heteroatoms. The number of rotatable bonds is 5. The Hall–Kier alpha value is -2.62. The fourth-order valence-corrected chi connectivity index (χ4v) is 3.30. The molecule has 2 N–H and O–H groups in total. The van der Waals surface area contributed by atoms with Gasteiger partial charge in [0.2, 0.25) is 0 Å². The predicted molar refractivity (Wildman–Crippen MR) is 92.0 cm³/mol. The van der Waals surface area contributed by atoms with Gasteiger partial charge in [-0.25, -0.2) is 12.8 Å². The fourth-order valence-electron chi connectivity index (χ4n) is 2.19. The van der Waals surface area contributed by atoms with Crippen molar-refractivity contribution in [1.82, 2.24) is 10.3 Å². The molecule has 3 aromatic rings. The number of sulfonamides is 1. The SMILES string of the molecule is COc1cccc2cc(C(=O)NNS(=O)(=O)c3ccc(F)c(Cl)c3)oc12. The quantitative estimate of drug-likeness (QED) is 0.644. The molecule has 0 spiro atoms. The predicted octanol–water partition coefficient (Wildman–Crippen LogP) is 2.86. The standard InChI is InChI=1S/C16H12ClFN2O5S/c1-24-13-4-2-3-9-7-14(25-15(9)13)16(21)19-20-26(22,23)10-5-6-12(18)11(17)8-10/h2-8,20H,1H3,(H,19,21). The van der Waals surface area contributed by atoms with Gasteiger partial charge in [0.25, 0.3) is 10.0 Å². The number of fused-ring (bicyclic) bond motifs is 1. The van der Waals surface area contributed by atoms with Gasteiger partial charge in [-0.3, -0.25) is 10.2 Å². The van der Waals surface area contributed by atoms with Crippen molar-refractivity contribution in [2.75, 3.05) is 7.11 Å². The van der Waals surface area contributed by atoms with E-state index in [4.69, 9.17) is 20.8 Å². The summed E-state index contributed by atoms with van der Waals surface area (Å²) in [5, 5.41) is 0.256. The molecular weight excluding hydrogens is 387 g/mol. The van der Waals surface area contributed by atoms with Crippen molar-refractivity contribution in [3.63, 3.8) is 0 Å². The lowest BCUT2D eigenvalue weighted by Gasteiger charge is -2.07. The molecule has 7 nitrogen and oxygen atoms in total.